The number of nitrogens with zero attached hydrogens (tertiary/aromatic N) is 2. The number of pyridine rings is 1. The summed E-state index contributed by atoms with van der Waals surface area (Å²) >= 11 is 6.29. The van der Waals surface area contributed by atoms with Crippen LogP contribution < -0.4 is 10.5 Å². The third-order valence-electron chi connectivity index (χ3n) is 5.12. The van der Waals surface area contributed by atoms with Gasteiger partial charge in [0.25, 0.3) is 5.91 Å². The molecule has 0 bridgehead atoms. The summed E-state index contributed by atoms with van der Waals surface area (Å²) in [4.78, 5) is 30.7. The summed E-state index contributed by atoms with van der Waals surface area (Å²) in [6.07, 6.45) is 1.10. The Labute approximate surface area is 181 Å². The van der Waals surface area contributed by atoms with Crippen LogP contribution in [0.3, 0.4) is 0 Å². The van der Waals surface area contributed by atoms with Gasteiger partial charge in [-0.3, -0.25) is 4.79 Å². The molecule has 1 fully saturated rings. The molecule has 0 atom stereocenters. The highest BCUT2D eigenvalue weighted by molar-refractivity contribution is 6.31. The van der Waals surface area contributed by atoms with Gasteiger partial charge in [0.15, 0.2) is 0 Å². The van der Waals surface area contributed by atoms with E-state index in [1.165, 1.54) is 7.11 Å². The van der Waals surface area contributed by atoms with Crippen LogP contribution in [0.15, 0.2) is 30.3 Å². The number of carbonyl (C=O) groups excluding carboxylic acids is 2. The topological polar surface area (TPSA) is 94.7 Å². The molecule has 1 saturated carbocycles. The van der Waals surface area contributed by atoms with Crippen molar-refractivity contribution in [3.8, 4) is 17.0 Å². The molecule has 1 aliphatic rings. The molecule has 2 aromatic rings. The standard InChI is InChI=1S/C22H26ClN3O4/c1-21(2,3)30-20(28)26(4)22(10-11-22)16-8-6-13(23)12-15(16)14-7-9-17(29-5)25-18(14)19(24)27/h6-9,12H,10-11H2,1-5H3,(H2,24,27). The van der Waals surface area contributed by atoms with Gasteiger partial charge in [-0.2, -0.15) is 0 Å². The molecule has 160 valence electrons. The zero-order valence-corrected chi connectivity index (χ0v) is 18.5. The SMILES string of the molecule is COc1ccc(-c2cc(Cl)ccc2C2(N(C)C(=O)OC(C)(C)C)CC2)c(C(N)=O)n1. The van der Waals surface area contributed by atoms with Crippen LogP contribution in [0, 0.1) is 0 Å². The molecule has 8 heteroatoms. The molecule has 1 aromatic heterocycles. The Morgan fingerprint density at radius 1 is 1.17 bits per heavy atom. The second-order valence-corrected chi connectivity index (χ2v) is 8.81. The van der Waals surface area contributed by atoms with Crippen molar-refractivity contribution < 1.29 is 19.1 Å². The number of aromatic nitrogens is 1. The molecule has 2 N–H and O–H groups in total. The Bertz CT molecular complexity index is 996. The highest BCUT2D eigenvalue weighted by atomic mass is 35.5. The second kappa shape index (κ2) is 7.80. The number of amides is 2. The molecule has 0 aliphatic heterocycles. The van der Waals surface area contributed by atoms with Crippen molar-refractivity contribution in [3.63, 3.8) is 0 Å². The number of carbonyl (C=O) groups is 2. The average molecular weight is 432 g/mol. The van der Waals surface area contributed by atoms with Crippen molar-refractivity contribution in [2.24, 2.45) is 5.73 Å². The lowest BCUT2D eigenvalue weighted by Gasteiger charge is -2.32. The van der Waals surface area contributed by atoms with Crippen molar-refractivity contribution in [1.29, 1.82) is 0 Å². The largest absolute Gasteiger partial charge is 0.481 e. The lowest BCUT2D eigenvalue weighted by atomic mass is 9.91. The third-order valence-corrected chi connectivity index (χ3v) is 5.35. The summed E-state index contributed by atoms with van der Waals surface area (Å²) in [6, 6.07) is 8.79. The van der Waals surface area contributed by atoms with Crippen LogP contribution in [-0.2, 0) is 10.3 Å². The zero-order chi connectivity index (χ0) is 22.3. The van der Waals surface area contributed by atoms with Crippen LogP contribution >= 0.6 is 11.6 Å². The number of halogens is 1. The van der Waals surface area contributed by atoms with Gasteiger partial charge in [-0.25, -0.2) is 9.78 Å². The number of rotatable bonds is 5. The lowest BCUT2D eigenvalue weighted by Crippen LogP contribution is -2.41. The van der Waals surface area contributed by atoms with Gasteiger partial charge in [0.2, 0.25) is 5.88 Å². The minimum absolute atomic E-state index is 0.0774. The van der Waals surface area contributed by atoms with Gasteiger partial charge >= 0.3 is 6.09 Å². The Morgan fingerprint density at radius 2 is 1.83 bits per heavy atom. The molecule has 1 heterocycles. The molecule has 3 rings (SSSR count). The third kappa shape index (κ3) is 4.21. The highest BCUT2D eigenvalue weighted by Gasteiger charge is 2.52. The van der Waals surface area contributed by atoms with Gasteiger partial charge in [0.1, 0.15) is 11.3 Å². The van der Waals surface area contributed by atoms with Gasteiger partial charge in [0.05, 0.1) is 12.6 Å². The molecule has 1 aliphatic carbocycles. The highest BCUT2D eigenvalue weighted by Crippen LogP contribution is 2.54. The summed E-state index contributed by atoms with van der Waals surface area (Å²) in [6.45, 7) is 5.48. The van der Waals surface area contributed by atoms with Crippen LogP contribution in [0.2, 0.25) is 5.02 Å². The maximum Gasteiger partial charge on any atom is 0.410 e. The molecule has 7 nitrogen and oxygen atoms in total. The molecule has 1 aromatic carbocycles. The maximum atomic E-state index is 12.8. The van der Waals surface area contributed by atoms with Crippen molar-refractivity contribution in [2.45, 2.75) is 44.8 Å². The number of ether oxygens (including phenoxy) is 2. The fourth-order valence-corrected chi connectivity index (χ4v) is 3.69. The number of hydrogen-bond donors (Lipinski definition) is 1. The zero-order valence-electron chi connectivity index (χ0n) is 17.8. The monoisotopic (exact) mass is 431 g/mol. The molecular formula is C22H26ClN3O4. The predicted molar refractivity (Wildman–Crippen MR) is 115 cm³/mol. The first-order valence-corrected chi connectivity index (χ1v) is 9.98. The van der Waals surface area contributed by atoms with Gasteiger partial charge < -0.3 is 20.1 Å². The average Bonchev–Trinajstić information content (AvgIpc) is 3.47. The first kappa shape index (κ1) is 21.9. The van der Waals surface area contributed by atoms with E-state index in [1.54, 1.807) is 36.2 Å². The Balaban J connectivity index is 2.12. The molecule has 30 heavy (non-hydrogen) atoms. The van der Waals surface area contributed by atoms with E-state index in [4.69, 9.17) is 26.8 Å². The molecule has 0 radical (unpaired) electrons. The summed E-state index contributed by atoms with van der Waals surface area (Å²) < 4.78 is 10.7. The number of benzene rings is 1. The van der Waals surface area contributed by atoms with E-state index in [0.717, 1.165) is 18.4 Å². The fraction of sp³-hybridized carbons (Fsp3) is 0.409. The fourth-order valence-electron chi connectivity index (χ4n) is 3.51. The molecule has 0 saturated heterocycles. The van der Waals surface area contributed by atoms with Crippen molar-refractivity contribution in [1.82, 2.24) is 9.88 Å². The summed E-state index contributed by atoms with van der Waals surface area (Å²) in [5.41, 5.74) is 6.58. The minimum Gasteiger partial charge on any atom is -0.481 e. The van der Waals surface area contributed by atoms with E-state index in [1.807, 2.05) is 26.8 Å². The number of nitrogens with two attached hydrogens (primary N) is 1. The summed E-state index contributed by atoms with van der Waals surface area (Å²) in [7, 11) is 3.19. The van der Waals surface area contributed by atoms with E-state index in [-0.39, 0.29) is 11.6 Å². The quantitative estimate of drug-likeness (QED) is 0.758. The summed E-state index contributed by atoms with van der Waals surface area (Å²) in [5.74, 6) is -0.400. The molecular weight excluding hydrogens is 406 g/mol. The van der Waals surface area contributed by atoms with Gasteiger partial charge in [-0.15, -0.1) is 0 Å². The van der Waals surface area contributed by atoms with E-state index in [0.29, 0.717) is 16.1 Å². The van der Waals surface area contributed by atoms with Crippen LogP contribution in [0.5, 0.6) is 5.88 Å². The van der Waals surface area contributed by atoms with Crippen LogP contribution in [-0.4, -0.2) is 41.6 Å². The van der Waals surface area contributed by atoms with Crippen molar-refractivity contribution in [2.75, 3.05) is 14.2 Å². The maximum absolute atomic E-state index is 12.8. The first-order chi connectivity index (χ1) is 14.0. The lowest BCUT2D eigenvalue weighted by molar-refractivity contribution is 0.0190. The smallest absolute Gasteiger partial charge is 0.410 e. The molecule has 0 unspecified atom stereocenters. The van der Waals surface area contributed by atoms with Crippen molar-refractivity contribution >= 4 is 23.6 Å². The van der Waals surface area contributed by atoms with Crippen LogP contribution in [0.25, 0.3) is 11.1 Å². The Hall–Kier alpha value is -2.80. The summed E-state index contributed by atoms with van der Waals surface area (Å²) in [5, 5.41) is 0.496. The minimum atomic E-state index is -0.680. The van der Waals surface area contributed by atoms with E-state index in [9.17, 15) is 9.59 Å². The van der Waals surface area contributed by atoms with Gasteiger partial charge in [0, 0.05) is 23.7 Å². The predicted octanol–water partition coefficient (Wildman–Crippen LogP) is 4.37. The normalized spacial score (nSPS) is 14.7. The van der Waals surface area contributed by atoms with Crippen LogP contribution in [0.1, 0.15) is 49.7 Å². The number of hydrogen-bond acceptors (Lipinski definition) is 5. The van der Waals surface area contributed by atoms with Crippen molar-refractivity contribution in [3.05, 3.63) is 46.6 Å². The van der Waals surface area contributed by atoms with Gasteiger partial charge in [-0.05, 0) is 62.9 Å². The molecule has 0 spiro atoms. The Morgan fingerprint density at radius 3 is 2.37 bits per heavy atom. The number of primary amides is 1. The first-order valence-electron chi connectivity index (χ1n) is 9.60. The number of methoxy groups -OCH3 is 1. The second-order valence-electron chi connectivity index (χ2n) is 8.37. The van der Waals surface area contributed by atoms with E-state index >= 15 is 0 Å². The molecule has 2 amide bonds. The van der Waals surface area contributed by atoms with Gasteiger partial charge in [-0.1, -0.05) is 17.7 Å². The van der Waals surface area contributed by atoms with Crippen LogP contribution in [0.4, 0.5) is 4.79 Å². The van der Waals surface area contributed by atoms with E-state index in [2.05, 4.69) is 4.98 Å². The Kier molecular flexibility index (Phi) is 5.69. The van der Waals surface area contributed by atoms with E-state index < -0.39 is 23.1 Å².